The lowest BCUT2D eigenvalue weighted by Crippen LogP contribution is -2.29. The molecular weight excluding hydrogens is 226 g/mol. The predicted octanol–water partition coefficient (Wildman–Crippen LogP) is 3.16. The number of nitrogens with one attached hydrogen (secondary N) is 2. The molecule has 1 aromatic heterocycles. The Bertz CT molecular complexity index is 534. The lowest BCUT2D eigenvalue weighted by Gasteiger charge is -2.08. The van der Waals surface area contributed by atoms with E-state index in [1.165, 1.54) is 0 Å². The van der Waals surface area contributed by atoms with Gasteiger partial charge in [-0.1, -0.05) is 37.6 Å². The molecule has 0 spiro atoms. The van der Waals surface area contributed by atoms with E-state index in [-0.39, 0.29) is 6.03 Å². The van der Waals surface area contributed by atoms with Crippen LogP contribution in [0, 0.1) is 0 Å². The molecule has 1 heterocycles. The molecule has 0 aliphatic carbocycles. The highest BCUT2D eigenvalue weighted by atomic mass is 16.2. The molecule has 0 radical (unpaired) electrons. The number of pyridine rings is 1. The molecule has 18 heavy (non-hydrogen) atoms. The Labute approximate surface area is 106 Å². The Morgan fingerprint density at radius 1 is 1.28 bits per heavy atom. The molecule has 0 fully saturated rings. The van der Waals surface area contributed by atoms with Gasteiger partial charge in [0, 0.05) is 18.1 Å². The summed E-state index contributed by atoms with van der Waals surface area (Å²) >= 11 is 0. The molecule has 2 amide bonds. The fourth-order valence-corrected chi connectivity index (χ4v) is 1.75. The summed E-state index contributed by atoms with van der Waals surface area (Å²) in [5.41, 5.74) is 0. The van der Waals surface area contributed by atoms with Gasteiger partial charge in [0.15, 0.2) is 0 Å². The summed E-state index contributed by atoms with van der Waals surface area (Å²) in [7, 11) is 0. The van der Waals surface area contributed by atoms with Gasteiger partial charge in [-0.25, -0.2) is 9.78 Å². The molecule has 0 aliphatic rings. The van der Waals surface area contributed by atoms with Crippen molar-refractivity contribution in [2.45, 2.75) is 19.8 Å². The van der Waals surface area contributed by atoms with Gasteiger partial charge in [-0.2, -0.15) is 0 Å². The summed E-state index contributed by atoms with van der Waals surface area (Å²) in [4.78, 5) is 15.9. The highest BCUT2D eigenvalue weighted by Crippen LogP contribution is 2.19. The van der Waals surface area contributed by atoms with Gasteiger partial charge in [-0.15, -0.1) is 0 Å². The van der Waals surface area contributed by atoms with E-state index in [1.807, 2.05) is 30.3 Å². The first-order valence-electron chi connectivity index (χ1n) is 6.20. The van der Waals surface area contributed by atoms with Gasteiger partial charge in [0.2, 0.25) is 0 Å². The van der Waals surface area contributed by atoms with E-state index in [0.717, 1.165) is 23.6 Å². The molecule has 0 atom stereocenters. The Kier molecular flexibility index (Phi) is 4.12. The number of hydrogen-bond donors (Lipinski definition) is 2. The van der Waals surface area contributed by atoms with Crippen molar-refractivity contribution in [3.63, 3.8) is 0 Å². The van der Waals surface area contributed by atoms with Crippen LogP contribution < -0.4 is 10.6 Å². The summed E-state index contributed by atoms with van der Waals surface area (Å²) in [5.74, 6) is 0.599. The molecule has 4 nitrogen and oxygen atoms in total. The van der Waals surface area contributed by atoms with E-state index in [4.69, 9.17) is 0 Å². The van der Waals surface area contributed by atoms with Crippen LogP contribution in [0.5, 0.6) is 0 Å². The van der Waals surface area contributed by atoms with Crippen LogP contribution in [0.1, 0.15) is 19.8 Å². The van der Waals surface area contributed by atoms with E-state index >= 15 is 0 Å². The lowest BCUT2D eigenvalue weighted by molar-refractivity contribution is 0.252. The third-order valence-corrected chi connectivity index (χ3v) is 2.72. The molecule has 0 saturated heterocycles. The van der Waals surface area contributed by atoms with E-state index < -0.39 is 0 Å². The lowest BCUT2D eigenvalue weighted by atomic mass is 10.1. The largest absolute Gasteiger partial charge is 0.338 e. The third kappa shape index (κ3) is 2.97. The number of anilines is 1. The van der Waals surface area contributed by atoms with Crippen LogP contribution in [-0.2, 0) is 0 Å². The smallest absolute Gasteiger partial charge is 0.320 e. The van der Waals surface area contributed by atoms with Gasteiger partial charge in [0.1, 0.15) is 5.82 Å². The number of carbonyl (C=O) groups excluding carboxylic acids is 1. The number of hydrogen-bond acceptors (Lipinski definition) is 2. The van der Waals surface area contributed by atoms with Crippen LogP contribution in [-0.4, -0.2) is 17.6 Å². The maximum atomic E-state index is 11.7. The number of benzene rings is 1. The number of aromatic nitrogens is 1. The van der Waals surface area contributed by atoms with Crippen LogP contribution in [0.3, 0.4) is 0 Å². The van der Waals surface area contributed by atoms with Crippen molar-refractivity contribution in [2.24, 2.45) is 0 Å². The molecule has 0 aliphatic heterocycles. The quantitative estimate of drug-likeness (QED) is 0.810. The van der Waals surface area contributed by atoms with Crippen LogP contribution >= 0.6 is 0 Å². The number of carbonyl (C=O) groups is 1. The Morgan fingerprint density at radius 2 is 2.11 bits per heavy atom. The van der Waals surface area contributed by atoms with E-state index in [9.17, 15) is 4.79 Å². The van der Waals surface area contributed by atoms with Gasteiger partial charge in [-0.3, -0.25) is 5.32 Å². The number of urea groups is 1. The van der Waals surface area contributed by atoms with Crippen LogP contribution in [0.4, 0.5) is 10.6 Å². The molecule has 2 rings (SSSR count). The highest BCUT2D eigenvalue weighted by molar-refractivity contribution is 5.99. The minimum atomic E-state index is -0.202. The molecule has 0 unspecified atom stereocenters. The molecular formula is C14H17N3O. The number of amides is 2. The van der Waals surface area contributed by atoms with Gasteiger partial charge in [0.25, 0.3) is 0 Å². The summed E-state index contributed by atoms with van der Waals surface area (Å²) in [5, 5.41) is 7.61. The minimum absolute atomic E-state index is 0.202. The Morgan fingerprint density at radius 3 is 2.94 bits per heavy atom. The molecule has 4 heteroatoms. The Hall–Kier alpha value is -2.10. The van der Waals surface area contributed by atoms with Crippen LogP contribution in [0.25, 0.3) is 10.8 Å². The molecule has 1 aromatic carbocycles. The van der Waals surface area contributed by atoms with Crippen LogP contribution in [0.2, 0.25) is 0 Å². The van der Waals surface area contributed by atoms with Gasteiger partial charge >= 0.3 is 6.03 Å². The van der Waals surface area contributed by atoms with Crippen molar-refractivity contribution >= 4 is 22.6 Å². The van der Waals surface area contributed by atoms with Gasteiger partial charge in [-0.05, 0) is 17.9 Å². The third-order valence-electron chi connectivity index (χ3n) is 2.72. The normalized spacial score (nSPS) is 10.3. The molecule has 0 bridgehead atoms. The van der Waals surface area contributed by atoms with Gasteiger partial charge in [0.05, 0.1) is 0 Å². The zero-order valence-electron chi connectivity index (χ0n) is 10.4. The second-order valence-electron chi connectivity index (χ2n) is 4.12. The molecule has 94 valence electrons. The predicted molar refractivity (Wildman–Crippen MR) is 73.7 cm³/mol. The number of fused-ring (bicyclic) bond motifs is 1. The maximum absolute atomic E-state index is 11.7. The van der Waals surface area contributed by atoms with Crippen LogP contribution in [0.15, 0.2) is 36.5 Å². The summed E-state index contributed by atoms with van der Waals surface area (Å²) in [6.45, 7) is 2.78. The van der Waals surface area contributed by atoms with E-state index in [1.54, 1.807) is 6.20 Å². The molecule has 2 aromatic rings. The fourth-order valence-electron chi connectivity index (χ4n) is 1.75. The fraction of sp³-hybridized carbons (Fsp3) is 0.286. The van der Waals surface area contributed by atoms with Crippen molar-refractivity contribution in [2.75, 3.05) is 11.9 Å². The summed E-state index contributed by atoms with van der Waals surface area (Å²) in [6.07, 6.45) is 3.74. The first kappa shape index (κ1) is 12.4. The topological polar surface area (TPSA) is 54.0 Å². The number of unbranched alkanes of at least 4 members (excludes halogenated alkanes) is 1. The zero-order chi connectivity index (χ0) is 12.8. The SMILES string of the molecule is CCCCNC(=O)Nc1nccc2ccccc12. The summed E-state index contributed by atoms with van der Waals surface area (Å²) in [6, 6.07) is 9.57. The summed E-state index contributed by atoms with van der Waals surface area (Å²) < 4.78 is 0. The molecule has 2 N–H and O–H groups in total. The van der Waals surface area contributed by atoms with Crippen molar-refractivity contribution in [1.82, 2.24) is 10.3 Å². The maximum Gasteiger partial charge on any atom is 0.320 e. The average Bonchev–Trinajstić information content (AvgIpc) is 2.39. The van der Waals surface area contributed by atoms with Crippen molar-refractivity contribution in [3.05, 3.63) is 36.5 Å². The second-order valence-corrected chi connectivity index (χ2v) is 4.12. The van der Waals surface area contributed by atoms with Crippen molar-refractivity contribution < 1.29 is 4.79 Å². The minimum Gasteiger partial charge on any atom is -0.338 e. The first-order chi connectivity index (χ1) is 8.81. The Balaban J connectivity index is 2.09. The zero-order valence-corrected chi connectivity index (χ0v) is 10.4. The average molecular weight is 243 g/mol. The standard InChI is InChI=1S/C14H17N3O/c1-2-3-9-16-14(18)17-13-12-7-5-4-6-11(12)8-10-15-13/h4-8,10H,2-3,9H2,1H3,(H2,15,16,17,18). The van der Waals surface area contributed by atoms with Crippen molar-refractivity contribution in [1.29, 1.82) is 0 Å². The van der Waals surface area contributed by atoms with E-state index in [2.05, 4.69) is 22.5 Å². The molecule has 0 saturated carbocycles. The van der Waals surface area contributed by atoms with E-state index in [0.29, 0.717) is 12.4 Å². The van der Waals surface area contributed by atoms with Gasteiger partial charge < -0.3 is 5.32 Å². The number of nitrogens with zero attached hydrogens (tertiary/aromatic N) is 1. The second kappa shape index (κ2) is 6.00. The number of rotatable bonds is 4. The highest BCUT2D eigenvalue weighted by Gasteiger charge is 2.05. The monoisotopic (exact) mass is 243 g/mol. The first-order valence-corrected chi connectivity index (χ1v) is 6.20. The van der Waals surface area contributed by atoms with Crippen molar-refractivity contribution in [3.8, 4) is 0 Å².